The predicted molar refractivity (Wildman–Crippen MR) is 110 cm³/mol. The minimum absolute atomic E-state index is 0.174. The van der Waals surface area contributed by atoms with Gasteiger partial charge in [0.1, 0.15) is 5.75 Å². The van der Waals surface area contributed by atoms with E-state index in [0.717, 1.165) is 56.9 Å². The van der Waals surface area contributed by atoms with Crippen molar-refractivity contribution in [2.45, 2.75) is 38.6 Å². The number of carbonyl (C=O) groups is 2. The van der Waals surface area contributed by atoms with Gasteiger partial charge in [0.15, 0.2) is 0 Å². The molecule has 2 aliphatic rings. The Balaban J connectivity index is 1.40. The first-order valence-electron chi connectivity index (χ1n) is 10.3. The Morgan fingerprint density at radius 3 is 2.61 bits per heavy atom. The Kier molecular flexibility index (Phi) is 7.14. The zero-order valence-electron chi connectivity index (χ0n) is 16.9. The van der Waals surface area contributed by atoms with Crippen LogP contribution in [-0.4, -0.2) is 62.7 Å². The minimum Gasteiger partial charge on any atom is -0.497 e. The minimum atomic E-state index is -0.362. The number of imide groups is 1. The van der Waals surface area contributed by atoms with E-state index in [1.54, 1.807) is 7.11 Å². The fourth-order valence-electron chi connectivity index (χ4n) is 4.08. The Morgan fingerprint density at radius 2 is 1.89 bits per heavy atom. The van der Waals surface area contributed by atoms with Crippen molar-refractivity contribution in [2.24, 2.45) is 5.92 Å². The molecule has 0 radical (unpaired) electrons. The molecule has 7 heteroatoms. The van der Waals surface area contributed by atoms with Crippen molar-refractivity contribution in [1.29, 1.82) is 0 Å². The first kappa shape index (κ1) is 20.5. The first-order chi connectivity index (χ1) is 13.5. The van der Waals surface area contributed by atoms with Gasteiger partial charge in [0, 0.05) is 44.0 Å². The molecule has 0 spiro atoms. The molecule has 1 aliphatic carbocycles. The highest BCUT2D eigenvalue weighted by Crippen LogP contribution is 2.24. The van der Waals surface area contributed by atoms with Crippen LogP contribution in [0.3, 0.4) is 0 Å². The zero-order valence-corrected chi connectivity index (χ0v) is 16.9. The second kappa shape index (κ2) is 9.78. The number of rotatable bonds is 5. The van der Waals surface area contributed by atoms with Gasteiger partial charge in [-0.2, -0.15) is 0 Å². The molecule has 3 rings (SSSR count). The number of urea groups is 1. The van der Waals surface area contributed by atoms with Crippen LogP contribution in [0.1, 0.15) is 32.6 Å². The van der Waals surface area contributed by atoms with Crippen LogP contribution in [0.4, 0.5) is 10.5 Å². The topological polar surface area (TPSA) is 73.9 Å². The third-order valence-electron chi connectivity index (χ3n) is 5.84. The van der Waals surface area contributed by atoms with E-state index in [4.69, 9.17) is 4.74 Å². The Hall–Kier alpha value is -2.28. The Labute approximate surface area is 167 Å². The van der Waals surface area contributed by atoms with Crippen molar-refractivity contribution >= 4 is 17.6 Å². The predicted octanol–water partition coefficient (Wildman–Crippen LogP) is 2.22. The summed E-state index contributed by atoms with van der Waals surface area (Å²) in [5.41, 5.74) is 1.13. The number of hydrogen-bond acceptors (Lipinski definition) is 5. The number of nitrogens with one attached hydrogen (secondary N) is 2. The molecule has 1 aromatic rings. The summed E-state index contributed by atoms with van der Waals surface area (Å²) in [5.74, 6) is 1.08. The summed E-state index contributed by atoms with van der Waals surface area (Å²) in [4.78, 5) is 28.7. The van der Waals surface area contributed by atoms with Gasteiger partial charge < -0.3 is 15.0 Å². The molecule has 7 nitrogen and oxygen atoms in total. The quantitative estimate of drug-likeness (QED) is 0.809. The molecule has 1 aromatic carbocycles. The maximum Gasteiger partial charge on any atom is 0.321 e. The molecule has 1 aliphatic heterocycles. The average molecular weight is 389 g/mol. The molecule has 2 N–H and O–H groups in total. The van der Waals surface area contributed by atoms with Crippen LogP contribution < -0.4 is 20.3 Å². The lowest BCUT2D eigenvalue weighted by molar-refractivity contribution is -0.121. The second-order valence-corrected chi connectivity index (χ2v) is 7.85. The lowest BCUT2D eigenvalue weighted by Gasteiger charge is -2.35. The number of anilines is 1. The second-order valence-electron chi connectivity index (χ2n) is 7.85. The lowest BCUT2D eigenvalue weighted by atomic mass is 9.86. The maximum absolute atomic E-state index is 12.2. The number of methoxy groups -OCH3 is 1. The summed E-state index contributed by atoms with van der Waals surface area (Å²) in [6, 6.07) is 7.83. The van der Waals surface area contributed by atoms with Crippen molar-refractivity contribution in [3.8, 4) is 5.75 Å². The molecule has 0 aromatic heterocycles. The van der Waals surface area contributed by atoms with Crippen LogP contribution in [-0.2, 0) is 4.79 Å². The highest BCUT2D eigenvalue weighted by Gasteiger charge is 2.24. The van der Waals surface area contributed by atoms with Crippen LogP contribution in [0.5, 0.6) is 5.75 Å². The summed E-state index contributed by atoms with van der Waals surface area (Å²) < 4.78 is 5.29. The molecule has 2 fully saturated rings. The van der Waals surface area contributed by atoms with Gasteiger partial charge in [-0.15, -0.1) is 0 Å². The normalized spacial score (nSPS) is 23.1. The van der Waals surface area contributed by atoms with Gasteiger partial charge in [-0.05, 0) is 30.9 Å². The van der Waals surface area contributed by atoms with Crippen molar-refractivity contribution in [1.82, 2.24) is 15.5 Å². The van der Waals surface area contributed by atoms with Gasteiger partial charge in [-0.25, -0.2) is 4.79 Å². The van der Waals surface area contributed by atoms with E-state index in [1.807, 2.05) is 18.2 Å². The third-order valence-corrected chi connectivity index (χ3v) is 5.84. The number of ether oxygens (including phenoxy) is 1. The number of piperazine rings is 1. The van der Waals surface area contributed by atoms with Gasteiger partial charge in [-0.3, -0.25) is 15.0 Å². The number of carbonyl (C=O) groups excluding carboxylic acids is 2. The van der Waals surface area contributed by atoms with Crippen molar-refractivity contribution < 1.29 is 14.3 Å². The molecule has 1 saturated carbocycles. The Morgan fingerprint density at radius 1 is 1.14 bits per heavy atom. The number of amides is 3. The van der Waals surface area contributed by atoms with Crippen LogP contribution in [0, 0.1) is 5.92 Å². The maximum atomic E-state index is 12.2. The lowest BCUT2D eigenvalue weighted by Crippen LogP contribution is -2.52. The largest absolute Gasteiger partial charge is 0.497 e. The molecule has 0 bridgehead atoms. The van der Waals surface area contributed by atoms with Gasteiger partial charge in [0.25, 0.3) is 0 Å². The van der Waals surface area contributed by atoms with Gasteiger partial charge in [0.05, 0.1) is 13.7 Å². The fourth-order valence-corrected chi connectivity index (χ4v) is 4.08. The van der Waals surface area contributed by atoms with Crippen molar-refractivity contribution in [3.63, 3.8) is 0 Å². The smallest absolute Gasteiger partial charge is 0.321 e. The highest BCUT2D eigenvalue weighted by atomic mass is 16.5. The van der Waals surface area contributed by atoms with E-state index in [9.17, 15) is 9.59 Å². The molecule has 2 unspecified atom stereocenters. The Bertz CT molecular complexity index is 673. The number of hydrogen-bond donors (Lipinski definition) is 2. The van der Waals surface area contributed by atoms with Crippen LogP contribution in [0.15, 0.2) is 24.3 Å². The average Bonchev–Trinajstić information content (AvgIpc) is 2.70. The molecular weight excluding hydrogens is 356 g/mol. The summed E-state index contributed by atoms with van der Waals surface area (Å²) in [7, 11) is 1.67. The fraction of sp³-hybridized carbons (Fsp3) is 0.619. The zero-order chi connectivity index (χ0) is 19.9. The summed E-state index contributed by atoms with van der Waals surface area (Å²) in [6.07, 6.45) is 4.49. The SMILES string of the molecule is COc1cccc(N2CCN(CC(=O)NC(=O)NC3CCCCC3C)CC2)c1. The monoisotopic (exact) mass is 388 g/mol. The summed E-state index contributed by atoms with van der Waals surface area (Å²) in [5, 5.41) is 5.46. The van der Waals surface area contributed by atoms with E-state index < -0.39 is 0 Å². The third kappa shape index (κ3) is 5.61. The van der Waals surface area contributed by atoms with Gasteiger partial charge in [-0.1, -0.05) is 25.8 Å². The molecule has 154 valence electrons. The van der Waals surface area contributed by atoms with Gasteiger partial charge >= 0.3 is 6.03 Å². The van der Waals surface area contributed by atoms with Gasteiger partial charge in [0.2, 0.25) is 5.91 Å². The molecule has 2 atom stereocenters. The summed E-state index contributed by atoms with van der Waals surface area (Å²) in [6.45, 7) is 5.66. The van der Waals surface area contributed by atoms with Crippen LogP contribution in [0.25, 0.3) is 0 Å². The molecule has 3 amide bonds. The van der Waals surface area contributed by atoms with E-state index >= 15 is 0 Å². The van der Waals surface area contributed by atoms with Crippen molar-refractivity contribution in [3.05, 3.63) is 24.3 Å². The molecule has 1 heterocycles. The van der Waals surface area contributed by atoms with E-state index in [0.29, 0.717) is 5.92 Å². The molecular formula is C21H32N4O3. The standard InChI is InChI=1S/C21H32N4O3/c1-16-6-3-4-9-19(16)22-21(27)23-20(26)15-24-10-12-25(13-11-24)17-7-5-8-18(14-17)28-2/h5,7-8,14,16,19H,3-4,6,9-13,15H2,1-2H3,(H2,22,23,26,27). The van der Waals surface area contributed by atoms with E-state index in [1.165, 1.54) is 6.42 Å². The van der Waals surface area contributed by atoms with Crippen LogP contribution >= 0.6 is 0 Å². The van der Waals surface area contributed by atoms with Crippen molar-refractivity contribution in [2.75, 3.05) is 44.7 Å². The molecule has 28 heavy (non-hydrogen) atoms. The van der Waals surface area contributed by atoms with E-state index in [2.05, 4.69) is 33.4 Å². The highest BCUT2D eigenvalue weighted by molar-refractivity contribution is 5.95. The van der Waals surface area contributed by atoms with Crippen LogP contribution in [0.2, 0.25) is 0 Å². The first-order valence-corrected chi connectivity index (χ1v) is 10.3. The summed E-state index contributed by atoms with van der Waals surface area (Å²) >= 11 is 0. The molecule has 1 saturated heterocycles. The number of benzene rings is 1. The van der Waals surface area contributed by atoms with E-state index in [-0.39, 0.29) is 24.5 Å². The number of nitrogens with zero attached hydrogens (tertiary/aromatic N) is 2.